The number of hydrogen-bond donors (Lipinski definition) is 2. The average molecular weight is 516 g/mol. The monoisotopic (exact) mass is 515 g/mol. The minimum absolute atomic E-state index is 0.0891. The highest BCUT2D eigenvalue weighted by Crippen LogP contribution is 2.39. The molecule has 0 saturated carbocycles. The van der Waals surface area contributed by atoms with E-state index >= 15 is 0 Å². The first-order chi connectivity index (χ1) is 18.4. The molecule has 1 fully saturated rings. The summed E-state index contributed by atoms with van der Waals surface area (Å²) in [5.41, 5.74) is 3.18. The van der Waals surface area contributed by atoms with E-state index in [0.717, 1.165) is 31.6 Å². The summed E-state index contributed by atoms with van der Waals surface area (Å²) >= 11 is 0. The summed E-state index contributed by atoms with van der Waals surface area (Å²) in [4.78, 5) is 41.2. The van der Waals surface area contributed by atoms with Crippen LogP contribution in [0.1, 0.15) is 40.5 Å². The molecular formula is C28H33N7O3. The van der Waals surface area contributed by atoms with Gasteiger partial charge in [0.15, 0.2) is 5.82 Å². The molecule has 5 rings (SSSR count). The highest BCUT2D eigenvalue weighted by molar-refractivity contribution is 6.13. The van der Waals surface area contributed by atoms with Gasteiger partial charge in [0.2, 0.25) is 5.95 Å². The molecule has 0 unspecified atom stereocenters. The number of anilines is 5. The van der Waals surface area contributed by atoms with Gasteiger partial charge in [-0.2, -0.15) is 4.98 Å². The summed E-state index contributed by atoms with van der Waals surface area (Å²) in [6.45, 7) is 4.36. The van der Waals surface area contributed by atoms with Crippen molar-refractivity contribution < 1.29 is 14.3 Å². The summed E-state index contributed by atoms with van der Waals surface area (Å²) in [6.07, 6.45) is 3.54. The molecule has 10 heteroatoms. The lowest BCUT2D eigenvalue weighted by Gasteiger charge is -2.29. The largest absolute Gasteiger partial charge is 0.495 e. The molecule has 198 valence electrons. The van der Waals surface area contributed by atoms with E-state index in [2.05, 4.69) is 27.6 Å². The fourth-order valence-electron chi connectivity index (χ4n) is 4.97. The maximum Gasteiger partial charge on any atom is 0.260 e. The molecule has 0 aliphatic carbocycles. The minimum atomic E-state index is -0.115. The first-order valence-corrected chi connectivity index (χ1v) is 12.9. The van der Waals surface area contributed by atoms with E-state index in [9.17, 15) is 9.59 Å². The first-order valence-electron chi connectivity index (χ1n) is 12.9. The number of piperidine rings is 1. The van der Waals surface area contributed by atoms with Crippen molar-refractivity contribution in [2.24, 2.45) is 0 Å². The van der Waals surface area contributed by atoms with Gasteiger partial charge in [0, 0.05) is 25.2 Å². The van der Waals surface area contributed by atoms with E-state index in [1.54, 1.807) is 36.4 Å². The molecule has 2 aromatic carbocycles. The molecule has 3 aromatic rings. The molecule has 2 aliphatic rings. The van der Waals surface area contributed by atoms with E-state index < -0.39 is 0 Å². The number of benzene rings is 2. The number of ether oxygens (including phenoxy) is 1. The Balaban J connectivity index is 1.40. The van der Waals surface area contributed by atoms with Gasteiger partial charge in [0.05, 0.1) is 30.2 Å². The topological polar surface area (TPSA) is 103 Å². The molecule has 0 bridgehead atoms. The number of para-hydroxylation sites is 1. The predicted octanol–water partition coefficient (Wildman–Crippen LogP) is 3.80. The third-order valence-electron chi connectivity index (χ3n) is 7.18. The smallest absolute Gasteiger partial charge is 0.260 e. The van der Waals surface area contributed by atoms with E-state index in [-0.39, 0.29) is 17.9 Å². The van der Waals surface area contributed by atoms with Crippen LogP contribution < -0.4 is 25.2 Å². The molecule has 0 radical (unpaired) electrons. The number of fused-ring (bicyclic) bond motifs is 2. The molecule has 0 spiro atoms. The van der Waals surface area contributed by atoms with E-state index in [4.69, 9.17) is 9.72 Å². The number of carbonyl (C=O) groups excluding carboxylic acids is 2. The lowest BCUT2D eigenvalue weighted by Crippen LogP contribution is -2.43. The molecule has 1 saturated heterocycles. The van der Waals surface area contributed by atoms with Crippen LogP contribution in [0.2, 0.25) is 0 Å². The van der Waals surface area contributed by atoms with Crippen molar-refractivity contribution in [3.63, 3.8) is 0 Å². The van der Waals surface area contributed by atoms with Gasteiger partial charge in [-0.3, -0.25) is 9.59 Å². The molecule has 2 N–H and O–H groups in total. The van der Waals surface area contributed by atoms with Crippen molar-refractivity contribution >= 4 is 40.6 Å². The lowest BCUT2D eigenvalue weighted by atomic mass is 10.0. The molecule has 10 nitrogen and oxygen atoms in total. The van der Waals surface area contributed by atoms with Crippen LogP contribution >= 0.6 is 0 Å². The van der Waals surface area contributed by atoms with Crippen LogP contribution in [-0.4, -0.2) is 73.6 Å². The number of carbonyl (C=O) groups is 2. The van der Waals surface area contributed by atoms with Crippen LogP contribution in [-0.2, 0) is 0 Å². The summed E-state index contributed by atoms with van der Waals surface area (Å²) in [7, 11) is 5.55. The predicted molar refractivity (Wildman–Crippen MR) is 148 cm³/mol. The zero-order chi connectivity index (χ0) is 26.8. The molecule has 3 heterocycles. The number of amides is 2. The summed E-state index contributed by atoms with van der Waals surface area (Å²) in [5.74, 6) is 1.25. The second-order valence-electron chi connectivity index (χ2n) is 9.62. The minimum Gasteiger partial charge on any atom is -0.495 e. The fraction of sp³-hybridized carbons (Fsp3) is 0.357. The SMILES string of the molecule is CCN1C(=O)c2ccccc2N(C)c2nc(Nc3ccc(C(=O)NC4CCN(C)CC4)cc3OC)ncc21. The van der Waals surface area contributed by atoms with E-state index in [1.165, 1.54) is 0 Å². The maximum atomic E-state index is 13.2. The van der Waals surface area contributed by atoms with Gasteiger partial charge in [-0.25, -0.2) is 4.98 Å². The Labute approximate surface area is 222 Å². The van der Waals surface area contributed by atoms with Gasteiger partial charge in [0.1, 0.15) is 11.4 Å². The number of likely N-dealkylation sites (tertiary alicyclic amines) is 1. The Morgan fingerprint density at radius 3 is 2.61 bits per heavy atom. The fourth-order valence-corrected chi connectivity index (χ4v) is 4.97. The van der Waals surface area contributed by atoms with Gasteiger partial charge in [-0.1, -0.05) is 12.1 Å². The molecule has 0 atom stereocenters. The highest BCUT2D eigenvalue weighted by atomic mass is 16.5. The van der Waals surface area contributed by atoms with Crippen molar-refractivity contribution in [3.8, 4) is 5.75 Å². The molecule has 2 aliphatic heterocycles. The summed E-state index contributed by atoms with van der Waals surface area (Å²) in [6, 6.07) is 12.9. The Bertz CT molecular complexity index is 1350. The van der Waals surface area contributed by atoms with Crippen molar-refractivity contribution in [1.82, 2.24) is 20.2 Å². The lowest BCUT2D eigenvalue weighted by molar-refractivity contribution is 0.0915. The number of hydrogen-bond acceptors (Lipinski definition) is 8. The summed E-state index contributed by atoms with van der Waals surface area (Å²) in [5, 5.41) is 6.36. The summed E-state index contributed by atoms with van der Waals surface area (Å²) < 4.78 is 5.59. The van der Waals surface area contributed by atoms with Gasteiger partial charge in [0.25, 0.3) is 11.8 Å². The van der Waals surface area contributed by atoms with Crippen molar-refractivity contribution in [1.29, 1.82) is 0 Å². The van der Waals surface area contributed by atoms with Crippen LogP contribution in [0, 0.1) is 0 Å². The van der Waals surface area contributed by atoms with E-state index in [0.29, 0.717) is 46.6 Å². The third kappa shape index (κ3) is 4.87. The van der Waals surface area contributed by atoms with Crippen molar-refractivity contribution in [2.75, 3.05) is 56.0 Å². The number of methoxy groups -OCH3 is 1. The number of nitrogens with zero attached hydrogens (tertiary/aromatic N) is 5. The first kappa shape index (κ1) is 25.5. The Hall–Kier alpha value is -4.18. The van der Waals surface area contributed by atoms with Gasteiger partial charge < -0.3 is 30.1 Å². The zero-order valence-electron chi connectivity index (χ0n) is 22.2. The number of aromatic nitrogens is 2. The second kappa shape index (κ2) is 10.7. The molecule has 38 heavy (non-hydrogen) atoms. The van der Waals surface area contributed by atoms with Crippen LogP contribution in [0.3, 0.4) is 0 Å². The molecular weight excluding hydrogens is 482 g/mol. The third-order valence-corrected chi connectivity index (χ3v) is 7.18. The van der Waals surface area contributed by atoms with Crippen molar-refractivity contribution in [2.45, 2.75) is 25.8 Å². The second-order valence-corrected chi connectivity index (χ2v) is 9.62. The number of nitrogens with one attached hydrogen (secondary N) is 2. The average Bonchev–Trinajstić information content (AvgIpc) is 3.02. The van der Waals surface area contributed by atoms with Crippen LogP contribution in [0.5, 0.6) is 5.75 Å². The van der Waals surface area contributed by atoms with Gasteiger partial charge in [-0.05, 0) is 70.2 Å². The van der Waals surface area contributed by atoms with Crippen LogP contribution in [0.15, 0.2) is 48.7 Å². The zero-order valence-corrected chi connectivity index (χ0v) is 22.2. The Morgan fingerprint density at radius 1 is 1.11 bits per heavy atom. The highest BCUT2D eigenvalue weighted by Gasteiger charge is 2.30. The normalized spacial score (nSPS) is 15.9. The van der Waals surface area contributed by atoms with Crippen molar-refractivity contribution in [3.05, 3.63) is 59.8 Å². The molecule has 2 amide bonds. The quantitative estimate of drug-likeness (QED) is 0.511. The van der Waals surface area contributed by atoms with E-state index in [1.807, 2.05) is 43.1 Å². The standard InChI is InChI=1S/C28H33N7O3/c1-5-35-23-17-29-28(32-25(23)34(3)22-9-7-6-8-20(22)27(35)37)31-21-11-10-18(16-24(21)38-4)26(36)30-19-12-14-33(2)15-13-19/h6-11,16-17,19H,5,12-15H2,1-4H3,(H,30,36)(H,29,31,32). The van der Waals surface area contributed by atoms with Gasteiger partial charge >= 0.3 is 0 Å². The van der Waals surface area contributed by atoms with Gasteiger partial charge in [-0.15, -0.1) is 0 Å². The van der Waals surface area contributed by atoms with Crippen LogP contribution in [0.25, 0.3) is 0 Å². The van der Waals surface area contributed by atoms with Crippen LogP contribution in [0.4, 0.5) is 28.8 Å². The number of rotatable bonds is 6. The Morgan fingerprint density at radius 2 is 1.87 bits per heavy atom. The molecule has 1 aromatic heterocycles. The Kier molecular flexibility index (Phi) is 7.15. The maximum absolute atomic E-state index is 13.2.